The van der Waals surface area contributed by atoms with Crippen molar-refractivity contribution in [2.45, 2.75) is 38.4 Å². The van der Waals surface area contributed by atoms with Gasteiger partial charge in [-0.1, -0.05) is 0 Å². The number of carbonyl (C=O) groups is 1. The number of halogens is 3. The third-order valence-corrected chi connectivity index (χ3v) is 4.01. The highest BCUT2D eigenvalue weighted by Gasteiger charge is 2.37. The highest BCUT2D eigenvalue weighted by Crippen LogP contribution is 2.30. The van der Waals surface area contributed by atoms with Gasteiger partial charge in [0.15, 0.2) is 0 Å². The molecule has 2 atom stereocenters. The number of hydrogen-bond donors (Lipinski definition) is 1. The zero-order valence-electron chi connectivity index (χ0n) is 13.1. The fraction of sp³-hybridized carbons (Fsp3) is 0.571. The first-order valence-corrected chi connectivity index (χ1v) is 7.44. The number of hydrogen-bond acceptors (Lipinski definition) is 6. The standard InChI is InChI=1S/C14H16F3N5O2/c1-7-5-10(19-9-4-3-8(6-9)11(23)24-2)22-13(18-7)20-12(21-22)14(15,16)17/h5,8-9,19H,3-4,6H2,1-2H3/t8-,9+/m0/s1. The molecule has 2 aromatic rings. The van der Waals surface area contributed by atoms with Gasteiger partial charge in [-0.2, -0.15) is 22.7 Å². The predicted molar refractivity (Wildman–Crippen MR) is 77.3 cm³/mol. The minimum absolute atomic E-state index is 0.0577. The van der Waals surface area contributed by atoms with Crippen LogP contribution in [0.2, 0.25) is 0 Å². The summed E-state index contributed by atoms with van der Waals surface area (Å²) in [5.74, 6) is -1.45. The first kappa shape index (κ1) is 16.5. The van der Waals surface area contributed by atoms with E-state index >= 15 is 0 Å². The Kier molecular flexibility index (Phi) is 4.06. The summed E-state index contributed by atoms with van der Waals surface area (Å²) >= 11 is 0. The number of aromatic nitrogens is 4. The average Bonchev–Trinajstić information content (AvgIpc) is 3.12. The van der Waals surface area contributed by atoms with Crippen molar-refractivity contribution >= 4 is 17.6 Å². The van der Waals surface area contributed by atoms with E-state index in [-0.39, 0.29) is 23.7 Å². The van der Waals surface area contributed by atoms with Crippen molar-refractivity contribution in [3.63, 3.8) is 0 Å². The van der Waals surface area contributed by atoms with E-state index in [1.807, 2.05) is 0 Å². The third-order valence-electron chi connectivity index (χ3n) is 4.01. The van der Waals surface area contributed by atoms with Gasteiger partial charge in [-0.3, -0.25) is 4.79 Å². The van der Waals surface area contributed by atoms with Gasteiger partial charge in [-0.15, -0.1) is 5.10 Å². The maximum Gasteiger partial charge on any atom is 0.453 e. The molecular weight excluding hydrogens is 327 g/mol. The van der Waals surface area contributed by atoms with Crippen LogP contribution in [0.5, 0.6) is 0 Å². The molecule has 2 heterocycles. The van der Waals surface area contributed by atoms with Crippen molar-refractivity contribution in [3.05, 3.63) is 17.6 Å². The molecule has 2 aromatic heterocycles. The van der Waals surface area contributed by atoms with E-state index in [9.17, 15) is 18.0 Å². The number of rotatable bonds is 3. The Balaban J connectivity index is 1.87. The minimum atomic E-state index is -4.64. The maximum absolute atomic E-state index is 12.8. The number of aryl methyl sites for hydroxylation is 1. The Labute approximate surface area is 135 Å². The molecule has 10 heteroatoms. The van der Waals surface area contributed by atoms with E-state index in [0.29, 0.717) is 30.8 Å². The monoisotopic (exact) mass is 343 g/mol. The number of esters is 1. The Morgan fingerprint density at radius 2 is 2.12 bits per heavy atom. The molecule has 1 N–H and O–H groups in total. The molecule has 1 aliphatic rings. The van der Waals surface area contributed by atoms with Crippen LogP contribution in [0.1, 0.15) is 30.8 Å². The summed E-state index contributed by atoms with van der Waals surface area (Å²) in [6.45, 7) is 1.67. The van der Waals surface area contributed by atoms with Crippen LogP contribution in [0, 0.1) is 12.8 Å². The first-order valence-electron chi connectivity index (χ1n) is 7.44. The van der Waals surface area contributed by atoms with Gasteiger partial charge in [0, 0.05) is 17.8 Å². The average molecular weight is 343 g/mol. The molecule has 0 amide bonds. The van der Waals surface area contributed by atoms with Gasteiger partial charge in [0.25, 0.3) is 11.6 Å². The molecule has 130 valence electrons. The molecule has 24 heavy (non-hydrogen) atoms. The fourth-order valence-corrected chi connectivity index (χ4v) is 2.91. The van der Waals surface area contributed by atoms with Crippen molar-refractivity contribution in [3.8, 4) is 0 Å². The smallest absolute Gasteiger partial charge is 0.453 e. The lowest BCUT2D eigenvalue weighted by molar-refractivity contribution is -0.145. The van der Waals surface area contributed by atoms with Crippen molar-refractivity contribution in [1.82, 2.24) is 19.6 Å². The second-order valence-corrected chi connectivity index (χ2v) is 5.80. The SMILES string of the molecule is COC(=O)[C@H]1CC[C@@H](Nc2cc(C)nc3nc(C(F)(F)F)nn23)C1. The van der Waals surface area contributed by atoms with Crippen LogP contribution in [0.4, 0.5) is 19.0 Å². The molecule has 0 bridgehead atoms. The van der Waals surface area contributed by atoms with Crippen LogP contribution >= 0.6 is 0 Å². The second-order valence-electron chi connectivity index (χ2n) is 5.80. The van der Waals surface area contributed by atoms with Gasteiger partial charge >= 0.3 is 12.1 Å². The fourth-order valence-electron chi connectivity index (χ4n) is 2.91. The lowest BCUT2D eigenvalue weighted by Gasteiger charge is -2.15. The molecule has 0 saturated heterocycles. The van der Waals surface area contributed by atoms with Crippen molar-refractivity contribution < 1.29 is 22.7 Å². The van der Waals surface area contributed by atoms with E-state index in [1.54, 1.807) is 13.0 Å². The molecule has 1 aliphatic carbocycles. The van der Waals surface area contributed by atoms with Gasteiger partial charge in [0.1, 0.15) is 5.82 Å². The molecule has 7 nitrogen and oxygen atoms in total. The number of ether oxygens (including phenoxy) is 1. The normalized spacial score (nSPS) is 21.2. The van der Waals surface area contributed by atoms with Gasteiger partial charge < -0.3 is 10.1 Å². The Bertz CT molecular complexity index is 774. The third kappa shape index (κ3) is 3.13. The number of carbonyl (C=O) groups excluding carboxylic acids is 1. The molecule has 1 fully saturated rings. The second kappa shape index (κ2) is 5.91. The summed E-state index contributed by atoms with van der Waals surface area (Å²) < 4.78 is 44.2. The summed E-state index contributed by atoms with van der Waals surface area (Å²) in [6.07, 6.45) is -2.70. The molecule has 0 spiro atoms. The van der Waals surface area contributed by atoms with E-state index < -0.39 is 12.0 Å². The molecule has 0 radical (unpaired) electrons. The molecule has 0 aromatic carbocycles. The Morgan fingerprint density at radius 3 is 2.79 bits per heavy atom. The largest absolute Gasteiger partial charge is 0.469 e. The number of anilines is 1. The van der Waals surface area contributed by atoms with E-state index in [2.05, 4.69) is 20.4 Å². The van der Waals surface area contributed by atoms with Crippen molar-refractivity contribution in [2.24, 2.45) is 5.92 Å². The van der Waals surface area contributed by atoms with Gasteiger partial charge in [-0.05, 0) is 26.2 Å². The zero-order chi connectivity index (χ0) is 17.5. The highest BCUT2D eigenvalue weighted by atomic mass is 19.4. The Hall–Kier alpha value is -2.39. The van der Waals surface area contributed by atoms with E-state index in [1.165, 1.54) is 7.11 Å². The lowest BCUT2D eigenvalue weighted by atomic mass is 10.1. The van der Waals surface area contributed by atoms with E-state index in [0.717, 1.165) is 4.52 Å². The topological polar surface area (TPSA) is 81.4 Å². The van der Waals surface area contributed by atoms with Crippen LogP contribution in [0.15, 0.2) is 6.07 Å². The summed E-state index contributed by atoms with van der Waals surface area (Å²) in [5.41, 5.74) is 0.522. The van der Waals surface area contributed by atoms with Crippen molar-refractivity contribution in [2.75, 3.05) is 12.4 Å². The maximum atomic E-state index is 12.8. The summed E-state index contributed by atoms with van der Waals surface area (Å²) in [5, 5.41) is 6.65. The molecule has 1 saturated carbocycles. The summed E-state index contributed by atoms with van der Waals surface area (Å²) in [6, 6.07) is 1.55. The lowest BCUT2D eigenvalue weighted by Crippen LogP contribution is -2.20. The Morgan fingerprint density at radius 1 is 1.38 bits per heavy atom. The quantitative estimate of drug-likeness (QED) is 0.861. The van der Waals surface area contributed by atoms with Crippen LogP contribution in [-0.2, 0) is 15.7 Å². The van der Waals surface area contributed by atoms with Crippen LogP contribution in [0.3, 0.4) is 0 Å². The molecule has 3 rings (SSSR count). The molecule has 0 unspecified atom stereocenters. The van der Waals surface area contributed by atoms with Gasteiger partial charge in [0.2, 0.25) is 0 Å². The minimum Gasteiger partial charge on any atom is -0.469 e. The van der Waals surface area contributed by atoms with Gasteiger partial charge in [-0.25, -0.2) is 4.98 Å². The number of nitrogens with one attached hydrogen (secondary N) is 1. The number of nitrogens with zero attached hydrogens (tertiary/aromatic N) is 4. The number of fused-ring (bicyclic) bond motifs is 1. The first-order chi connectivity index (χ1) is 11.3. The van der Waals surface area contributed by atoms with Gasteiger partial charge in [0.05, 0.1) is 13.0 Å². The van der Waals surface area contributed by atoms with Crippen molar-refractivity contribution in [1.29, 1.82) is 0 Å². The number of alkyl halides is 3. The molecule has 0 aliphatic heterocycles. The summed E-state index contributed by atoms with van der Waals surface area (Å²) in [4.78, 5) is 19.0. The van der Waals surface area contributed by atoms with Crippen LogP contribution < -0.4 is 5.32 Å². The number of methoxy groups -OCH3 is 1. The van der Waals surface area contributed by atoms with Crippen LogP contribution in [0.25, 0.3) is 5.78 Å². The zero-order valence-corrected chi connectivity index (χ0v) is 13.1. The molecular formula is C14H16F3N5O2. The summed E-state index contributed by atoms with van der Waals surface area (Å²) in [7, 11) is 1.34. The van der Waals surface area contributed by atoms with E-state index in [4.69, 9.17) is 4.74 Å². The predicted octanol–water partition coefficient (Wildman–Crippen LogP) is 2.21. The van der Waals surface area contributed by atoms with Crippen LogP contribution in [-0.4, -0.2) is 38.7 Å². The highest BCUT2D eigenvalue weighted by molar-refractivity contribution is 5.72.